The topological polar surface area (TPSA) is 47.3 Å². The zero-order valence-electron chi connectivity index (χ0n) is 9.54. The van der Waals surface area contributed by atoms with Gasteiger partial charge in [0.05, 0.1) is 11.8 Å². The van der Waals surface area contributed by atoms with Crippen LogP contribution in [0.5, 0.6) is 0 Å². The van der Waals surface area contributed by atoms with Crippen molar-refractivity contribution in [1.29, 1.82) is 0 Å². The van der Waals surface area contributed by atoms with Crippen molar-refractivity contribution in [3.8, 4) is 0 Å². The van der Waals surface area contributed by atoms with E-state index in [0.29, 0.717) is 12.1 Å². The minimum Gasteiger partial charge on any atom is -0.377 e. The lowest BCUT2D eigenvalue weighted by atomic mass is 10.1. The van der Waals surface area contributed by atoms with Gasteiger partial charge in [-0.2, -0.15) is 0 Å². The molecule has 1 aromatic heterocycles. The number of aromatic nitrogens is 1. The molecule has 0 radical (unpaired) electrons. The predicted molar refractivity (Wildman–Crippen MR) is 56.6 cm³/mol. The smallest absolute Gasteiger partial charge is 0.138 e. The third-order valence-corrected chi connectivity index (χ3v) is 3.10. The van der Waals surface area contributed by atoms with Gasteiger partial charge in [0.25, 0.3) is 0 Å². The molecule has 2 rings (SSSR count). The maximum atomic E-state index is 5.49. The minimum atomic E-state index is 0.311. The van der Waals surface area contributed by atoms with Gasteiger partial charge in [0.2, 0.25) is 0 Å². The molecule has 1 aromatic rings. The van der Waals surface area contributed by atoms with Crippen LogP contribution in [0.4, 0.5) is 0 Å². The number of hydrogen-bond donors (Lipinski definition) is 1. The number of rotatable bonds is 3. The third-order valence-electron chi connectivity index (χ3n) is 3.10. The van der Waals surface area contributed by atoms with Crippen LogP contribution in [0.15, 0.2) is 4.52 Å². The van der Waals surface area contributed by atoms with Gasteiger partial charge in [0.15, 0.2) is 0 Å². The van der Waals surface area contributed by atoms with Crippen LogP contribution < -0.4 is 5.32 Å². The van der Waals surface area contributed by atoms with E-state index in [0.717, 1.165) is 31.0 Å². The molecule has 15 heavy (non-hydrogen) atoms. The highest BCUT2D eigenvalue weighted by molar-refractivity contribution is 5.20. The molecule has 4 heteroatoms. The van der Waals surface area contributed by atoms with E-state index in [1.54, 1.807) is 0 Å². The molecule has 0 saturated carbocycles. The predicted octanol–water partition coefficient (Wildman–Crippen LogP) is 1.56. The van der Waals surface area contributed by atoms with Crippen molar-refractivity contribution in [3.63, 3.8) is 0 Å². The first-order valence-electron chi connectivity index (χ1n) is 5.45. The van der Waals surface area contributed by atoms with Gasteiger partial charge in [-0.3, -0.25) is 0 Å². The van der Waals surface area contributed by atoms with Gasteiger partial charge in [-0.1, -0.05) is 5.16 Å². The molecule has 1 saturated heterocycles. The van der Waals surface area contributed by atoms with Crippen LogP contribution in [0, 0.1) is 13.8 Å². The molecule has 2 heterocycles. The Labute approximate surface area is 90.0 Å². The van der Waals surface area contributed by atoms with Crippen LogP contribution in [0.2, 0.25) is 0 Å². The van der Waals surface area contributed by atoms with Crippen LogP contribution in [0.1, 0.15) is 30.4 Å². The van der Waals surface area contributed by atoms with Crippen LogP contribution in [-0.4, -0.2) is 23.9 Å². The Kier molecular flexibility index (Phi) is 3.07. The number of ether oxygens (including phenoxy) is 1. The molecule has 2 unspecified atom stereocenters. The number of hydrogen-bond acceptors (Lipinski definition) is 4. The summed E-state index contributed by atoms with van der Waals surface area (Å²) in [7, 11) is 0. The molecule has 1 aliphatic rings. The molecule has 1 aliphatic heterocycles. The van der Waals surface area contributed by atoms with Gasteiger partial charge >= 0.3 is 0 Å². The SMILES string of the molecule is Cc1noc(C)c1CNC1CCOC1C. The zero-order chi connectivity index (χ0) is 10.8. The summed E-state index contributed by atoms with van der Waals surface area (Å²) >= 11 is 0. The van der Waals surface area contributed by atoms with Crippen molar-refractivity contribution >= 4 is 0 Å². The molecular formula is C11H18N2O2. The summed E-state index contributed by atoms with van der Waals surface area (Å²) in [4.78, 5) is 0. The summed E-state index contributed by atoms with van der Waals surface area (Å²) in [6, 6.07) is 0.457. The lowest BCUT2D eigenvalue weighted by Gasteiger charge is -2.15. The molecule has 0 amide bonds. The van der Waals surface area contributed by atoms with Crippen LogP contribution in [-0.2, 0) is 11.3 Å². The first kappa shape index (κ1) is 10.6. The first-order valence-corrected chi connectivity index (χ1v) is 5.45. The molecule has 0 bridgehead atoms. The third kappa shape index (κ3) is 2.21. The summed E-state index contributed by atoms with van der Waals surface area (Å²) < 4.78 is 10.6. The molecule has 1 N–H and O–H groups in total. The average Bonchev–Trinajstić information content (AvgIpc) is 2.73. The maximum Gasteiger partial charge on any atom is 0.138 e. The monoisotopic (exact) mass is 210 g/mol. The Morgan fingerprint density at radius 1 is 1.47 bits per heavy atom. The van der Waals surface area contributed by atoms with E-state index >= 15 is 0 Å². The van der Waals surface area contributed by atoms with Crippen LogP contribution in [0.3, 0.4) is 0 Å². The molecule has 2 atom stereocenters. The summed E-state index contributed by atoms with van der Waals surface area (Å²) in [6.45, 7) is 7.71. The van der Waals surface area contributed by atoms with E-state index < -0.39 is 0 Å². The van der Waals surface area contributed by atoms with E-state index in [9.17, 15) is 0 Å². The van der Waals surface area contributed by atoms with Gasteiger partial charge in [-0.25, -0.2) is 0 Å². The summed E-state index contributed by atoms with van der Waals surface area (Å²) in [6.07, 6.45) is 1.40. The van der Waals surface area contributed by atoms with Crippen molar-refractivity contribution in [2.75, 3.05) is 6.61 Å². The van der Waals surface area contributed by atoms with Gasteiger partial charge in [-0.05, 0) is 27.2 Å². The molecule has 1 fully saturated rings. The van der Waals surface area contributed by atoms with Crippen molar-refractivity contribution < 1.29 is 9.26 Å². The van der Waals surface area contributed by atoms with Crippen molar-refractivity contribution in [2.24, 2.45) is 0 Å². The Balaban J connectivity index is 1.93. The fraction of sp³-hybridized carbons (Fsp3) is 0.727. The van der Waals surface area contributed by atoms with Gasteiger partial charge in [-0.15, -0.1) is 0 Å². The number of nitrogens with zero attached hydrogens (tertiary/aromatic N) is 1. The molecule has 0 spiro atoms. The van der Waals surface area contributed by atoms with Gasteiger partial charge in [0.1, 0.15) is 5.76 Å². The largest absolute Gasteiger partial charge is 0.377 e. The normalized spacial score (nSPS) is 26.1. The number of nitrogens with one attached hydrogen (secondary N) is 1. The summed E-state index contributed by atoms with van der Waals surface area (Å²) in [5, 5.41) is 7.42. The van der Waals surface area contributed by atoms with Crippen LogP contribution >= 0.6 is 0 Å². The Morgan fingerprint density at radius 2 is 2.27 bits per heavy atom. The van der Waals surface area contributed by atoms with E-state index in [1.807, 2.05) is 13.8 Å². The minimum absolute atomic E-state index is 0.311. The second kappa shape index (κ2) is 4.33. The van der Waals surface area contributed by atoms with Gasteiger partial charge < -0.3 is 14.6 Å². The highest BCUT2D eigenvalue weighted by Gasteiger charge is 2.24. The van der Waals surface area contributed by atoms with Gasteiger partial charge in [0, 0.05) is 24.8 Å². The Morgan fingerprint density at radius 3 is 2.80 bits per heavy atom. The maximum absolute atomic E-state index is 5.49. The lowest BCUT2D eigenvalue weighted by Crippen LogP contribution is -2.34. The van der Waals surface area contributed by atoms with E-state index in [1.165, 1.54) is 5.56 Å². The van der Waals surface area contributed by atoms with Crippen molar-refractivity contribution in [2.45, 2.75) is 45.9 Å². The highest BCUT2D eigenvalue weighted by Crippen LogP contribution is 2.16. The van der Waals surface area contributed by atoms with Crippen molar-refractivity contribution in [1.82, 2.24) is 10.5 Å². The van der Waals surface area contributed by atoms with Crippen molar-refractivity contribution in [3.05, 3.63) is 17.0 Å². The second-order valence-corrected chi connectivity index (χ2v) is 4.15. The fourth-order valence-electron chi connectivity index (χ4n) is 1.99. The summed E-state index contributed by atoms with van der Waals surface area (Å²) in [5.41, 5.74) is 2.15. The Bertz CT molecular complexity index is 316. The van der Waals surface area contributed by atoms with E-state index in [-0.39, 0.29) is 0 Å². The second-order valence-electron chi connectivity index (χ2n) is 4.15. The van der Waals surface area contributed by atoms with Crippen LogP contribution in [0.25, 0.3) is 0 Å². The summed E-state index contributed by atoms with van der Waals surface area (Å²) in [5.74, 6) is 0.909. The quantitative estimate of drug-likeness (QED) is 0.822. The lowest BCUT2D eigenvalue weighted by molar-refractivity contribution is 0.113. The average molecular weight is 210 g/mol. The fourth-order valence-corrected chi connectivity index (χ4v) is 1.99. The highest BCUT2D eigenvalue weighted by atomic mass is 16.5. The molecule has 84 valence electrons. The van der Waals surface area contributed by atoms with E-state index in [4.69, 9.17) is 9.26 Å². The molecule has 0 aromatic carbocycles. The first-order chi connectivity index (χ1) is 7.18. The molecule has 4 nitrogen and oxygen atoms in total. The standard InChI is InChI=1S/C11H18N2O2/c1-7-10(8(2)15-13-7)6-12-11-4-5-14-9(11)3/h9,11-12H,4-6H2,1-3H3. The van der Waals surface area contributed by atoms with E-state index in [2.05, 4.69) is 17.4 Å². The molecular weight excluding hydrogens is 192 g/mol. The zero-order valence-corrected chi connectivity index (χ0v) is 9.54. The molecule has 0 aliphatic carbocycles. The number of aryl methyl sites for hydroxylation is 2. The Hall–Kier alpha value is -0.870.